The maximum Gasteiger partial charge on any atom is 0.237 e. The maximum absolute atomic E-state index is 12.4. The fourth-order valence-electron chi connectivity index (χ4n) is 3.10. The van der Waals surface area contributed by atoms with Crippen LogP contribution in [0, 0.1) is 6.92 Å². The van der Waals surface area contributed by atoms with Gasteiger partial charge in [0, 0.05) is 19.6 Å². The number of rotatable bonds is 7. The summed E-state index contributed by atoms with van der Waals surface area (Å²) in [7, 11) is 0. The Morgan fingerprint density at radius 1 is 1.33 bits per heavy atom. The molecule has 7 nitrogen and oxygen atoms in total. The Kier molecular flexibility index (Phi) is 6.52. The summed E-state index contributed by atoms with van der Waals surface area (Å²) in [6.45, 7) is 6.43. The molecular formula is C19H25N5O2S. The highest BCUT2D eigenvalue weighted by Gasteiger charge is 2.31. The van der Waals surface area contributed by atoms with E-state index in [-0.39, 0.29) is 18.2 Å². The lowest BCUT2D eigenvalue weighted by molar-refractivity contribution is -0.134. The first-order valence-electron chi connectivity index (χ1n) is 9.21. The molecule has 1 aromatic heterocycles. The molecule has 144 valence electrons. The molecule has 8 heteroatoms. The molecular weight excluding hydrogens is 362 g/mol. The van der Waals surface area contributed by atoms with Crippen LogP contribution < -0.4 is 10.6 Å². The molecule has 1 fully saturated rings. The zero-order valence-electron chi connectivity index (χ0n) is 15.7. The second-order valence-corrected chi connectivity index (χ2v) is 7.77. The molecule has 0 unspecified atom stereocenters. The lowest BCUT2D eigenvalue weighted by atomic mass is 10.0. The molecule has 27 heavy (non-hydrogen) atoms. The van der Waals surface area contributed by atoms with Gasteiger partial charge in [-0.2, -0.15) is 0 Å². The van der Waals surface area contributed by atoms with Crippen LogP contribution in [0.5, 0.6) is 0 Å². The number of benzene rings is 1. The van der Waals surface area contributed by atoms with Crippen LogP contribution in [0.1, 0.15) is 34.5 Å². The van der Waals surface area contributed by atoms with Crippen LogP contribution >= 0.6 is 11.3 Å². The molecule has 2 amide bonds. The Morgan fingerprint density at radius 2 is 2.11 bits per heavy atom. The van der Waals surface area contributed by atoms with Gasteiger partial charge >= 0.3 is 0 Å². The fraction of sp³-hybridized carbons (Fsp3) is 0.474. The molecule has 2 aromatic rings. The van der Waals surface area contributed by atoms with Crippen molar-refractivity contribution in [2.45, 2.75) is 45.8 Å². The SMILES string of the molecule is CCc1nnc(CNC(=O)C[C@H]2C(=O)NCCN2Cc2ccccc2C)s1. The van der Waals surface area contributed by atoms with Gasteiger partial charge in [-0.1, -0.05) is 42.5 Å². The summed E-state index contributed by atoms with van der Waals surface area (Å²) in [6.07, 6.45) is 0.971. The van der Waals surface area contributed by atoms with Crippen LogP contribution in [0.25, 0.3) is 0 Å². The fourth-order valence-corrected chi connectivity index (χ4v) is 3.83. The van der Waals surface area contributed by atoms with Crippen molar-refractivity contribution in [1.82, 2.24) is 25.7 Å². The number of aromatic nitrogens is 2. The third-order valence-corrected chi connectivity index (χ3v) is 5.77. The standard InChI is InChI=1S/C19H25N5O2S/c1-3-17-22-23-18(27-17)11-21-16(25)10-15-19(26)20-8-9-24(15)12-14-7-5-4-6-13(14)2/h4-7,15H,3,8-12H2,1-2H3,(H,20,26)(H,21,25)/t15-/m0/s1. The number of nitrogens with zero attached hydrogens (tertiary/aromatic N) is 3. The molecule has 0 bridgehead atoms. The molecule has 1 atom stereocenters. The van der Waals surface area contributed by atoms with Crippen molar-refractivity contribution in [3.8, 4) is 0 Å². The number of aryl methyl sites for hydroxylation is 2. The molecule has 1 aliphatic heterocycles. The largest absolute Gasteiger partial charge is 0.353 e. The van der Waals surface area contributed by atoms with E-state index in [1.165, 1.54) is 22.5 Å². The molecule has 0 saturated carbocycles. The first-order valence-corrected chi connectivity index (χ1v) is 10.0. The molecule has 1 aliphatic rings. The van der Waals surface area contributed by atoms with Gasteiger partial charge < -0.3 is 10.6 Å². The summed E-state index contributed by atoms with van der Waals surface area (Å²) in [5.41, 5.74) is 2.37. The van der Waals surface area contributed by atoms with Crippen molar-refractivity contribution in [1.29, 1.82) is 0 Å². The van der Waals surface area contributed by atoms with Crippen molar-refractivity contribution < 1.29 is 9.59 Å². The average molecular weight is 388 g/mol. The van der Waals surface area contributed by atoms with Gasteiger partial charge in [0.15, 0.2) is 0 Å². The predicted octanol–water partition coefficient (Wildman–Crippen LogP) is 1.42. The highest BCUT2D eigenvalue weighted by atomic mass is 32.1. The van der Waals surface area contributed by atoms with Gasteiger partial charge in [-0.3, -0.25) is 14.5 Å². The van der Waals surface area contributed by atoms with Gasteiger partial charge in [-0.25, -0.2) is 0 Å². The van der Waals surface area contributed by atoms with E-state index >= 15 is 0 Å². The lowest BCUT2D eigenvalue weighted by Crippen LogP contribution is -2.56. The van der Waals surface area contributed by atoms with Crippen LogP contribution in [0.2, 0.25) is 0 Å². The average Bonchev–Trinajstić information content (AvgIpc) is 3.13. The van der Waals surface area contributed by atoms with Crippen LogP contribution in [0.3, 0.4) is 0 Å². The summed E-state index contributed by atoms with van der Waals surface area (Å²) >= 11 is 1.50. The van der Waals surface area contributed by atoms with E-state index in [2.05, 4.69) is 44.8 Å². The Balaban J connectivity index is 1.60. The molecule has 0 aliphatic carbocycles. The number of carbonyl (C=O) groups excluding carboxylic acids is 2. The summed E-state index contributed by atoms with van der Waals surface area (Å²) in [5, 5.41) is 15.6. The summed E-state index contributed by atoms with van der Waals surface area (Å²) in [4.78, 5) is 26.9. The van der Waals surface area contributed by atoms with Crippen molar-refractivity contribution in [2.75, 3.05) is 13.1 Å². The molecule has 0 radical (unpaired) electrons. The van der Waals surface area contributed by atoms with Gasteiger partial charge in [0.25, 0.3) is 0 Å². The Labute approximate surface area is 163 Å². The highest BCUT2D eigenvalue weighted by molar-refractivity contribution is 7.11. The molecule has 0 spiro atoms. The van der Waals surface area contributed by atoms with Crippen LogP contribution in [-0.2, 0) is 29.1 Å². The topological polar surface area (TPSA) is 87.2 Å². The monoisotopic (exact) mass is 387 g/mol. The maximum atomic E-state index is 12.4. The highest BCUT2D eigenvalue weighted by Crippen LogP contribution is 2.17. The van der Waals surface area contributed by atoms with Crippen LogP contribution in [0.4, 0.5) is 0 Å². The summed E-state index contributed by atoms with van der Waals surface area (Å²) in [6, 6.07) is 7.68. The number of hydrogen-bond donors (Lipinski definition) is 2. The van der Waals surface area contributed by atoms with E-state index < -0.39 is 6.04 Å². The number of amides is 2. The van der Waals surface area contributed by atoms with Gasteiger partial charge in [0.2, 0.25) is 11.8 Å². The zero-order chi connectivity index (χ0) is 19.2. The smallest absolute Gasteiger partial charge is 0.237 e. The Morgan fingerprint density at radius 3 is 2.85 bits per heavy atom. The minimum Gasteiger partial charge on any atom is -0.353 e. The Hall–Kier alpha value is -2.32. The zero-order valence-corrected chi connectivity index (χ0v) is 16.5. The van der Waals surface area contributed by atoms with Gasteiger partial charge in [0.05, 0.1) is 19.0 Å². The summed E-state index contributed by atoms with van der Waals surface area (Å²) in [5.74, 6) is -0.241. The molecule has 2 N–H and O–H groups in total. The molecule has 1 saturated heterocycles. The second-order valence-electron chi connectivity index (χ2n) is 6.63. The van der Waals surface area contributed by atoms with Crippen LogP contribution in [-0.4, -0.2) is 46.0 Å². The van der Waals surface area contributed by atoms with Crippen molar-refractivity contribution in [2.24, 2.45) is 0 Å². The molecule has 1 aromatic carbocycles. The minimum atomic E-state index is -0.459. The molecule has 2 heterocycles. The van der Waals surface area contributed by atoms with E-state index in [1.54, 1.807) is 0 Å². The predicted molar refractivity (Wildman–Crippen MR) is 104 cm³/mol. The van der Waals surface area contributed by atoms with Gasteiger partial charge in [-0.15, -0.1) is 10.2 Å². The first kappa shape index (κ1) is 19.4. The first-order chi connectivity index (χ1) is 13.1. The number of hydrogen-bond acceptors (Lipinski definition) is 6. The number of nitrogens with one attached hydrogen (secondary N) is 2. The van der Waals surface area contributed by atoms with E-state index in [0.29, 0.717) is 19.6 Å². The van der Waals surface area contributed by atoms with Crippen molar-refractivity contribution >= 4 is 23.2 Å². The van der Waals surface area contributed by atoms with Crippen LogP contribution in [0.15, 0.2) is 24.3 Å². The van der Waals surface area contributed by atoms with Gasteiger partial charge in [-0.05, 0) is 24.5 Å². The number of carbonyl (C=O) groups is 2. The lowest BCUT2D eigenvalue weighted by Gasteiger charge is -2.35. The molecule has 3 rings (SSSR count). The van der Waals surface area contributed by atoms with E-state index in [9.17, 15) is 9.59 Å². The van der Waals surface area contributed by atoms with E-state index in [1.807, 2.05) is 19.1 Å². The third kappa shape index (κ3) is 5.11. The normalized spacial score (nSPS) is 17.6. The van der Waals surface area contributed by atoms with Crippen molar-refractivity contribution in [3.63, 3.8) is 0 Å². The number of piperazine rings is 1. The van der Waals surface area contributed by atoms with Gasteiger partial charge in [0.1, 0.15) is 10.0 Å². The minimum absolute atomic E-state index is 0.0887. The summed E-state index contributed by atoms with van der Waals surface area (Å²) < 4.78 is 0. The Bertz CT molecular complexity index is 807. The van der Waals surface area contributed by atoms with E-state index in [4.69, 9.17) is 0 Å². The second kappa shape index (κ2) is 9.05. The van der Waals surface area contributed by atoms with Crippen molar-refractivity contribution in [3.05, 3.63) is 45.4 Å². The quantitative estimate of drug-likeness (QED) is 0.750. The third-order valence-electron chi connectivity index (χ3n) is 4.70. The van der Waals surface area contributed by atoms with E-state index in [0.717, 1.165) is 23.0 Å².